The molecule has 1 aromatic carbocycles. The molecule has 0 atom stereocenters. The maximum Gasteiger partial charge on any atom is 0.143 e. The molecule has 0 bridgehead atoms. The van der Waals surface area contributed by atoms with E-state index in [0.29, 0.717) is 23.1 Å². The predicted molar refractivity (Wildman–Crippen MR) is 60.0 cm³/mol. The van der Waals surface area contributed by atoms with E-state index in [1.54, 1.807) is 12.1 Å². The van der Waals surface area contributed by atoms with E-state index >= 15 is 0 Å². The number of anilines is 2. The summed E-state index contributed by atoms with van der Waals surface area (Å²) < 4.78 is 0. The zero-order valence-electron chi connectivity index (χ0n) is 8.12. The molecule has 0 fully saturated rings. The zero-order valence-corrected chi connectivity index (χ0v) is 8.12. The molecule has 15 heavy (non-hydrogen) atoms. The number of rotatable bonds is 3. The van der Waals surface area contributed by atoms with Gasteiger partial charge in [-0.15, -0.1) is 0 Å². The summed E-state index contributed by atoms with van der Waals surface area (Å²) in [5, 5.41) is 22.0. The van der Waals surface area contributed by atoms with Crippen molar-refractivity contribution in [2.75, 3.05) is 24.2 Å². The molecule has 1 aromatic heterocycles. The van der Waals surface area contributed by atoms with E-state index in [0.717, 1.165) is 5.69 Å². The molecular weight excluding hydrogens is 194 g/mol. The number of nitrogens with two attached hydrogens (primary N) is 1. The fraction of sp³-hybridized carbons (Fsp3) is 0.200. The van der Waals surface area contributed by atoms with Crippen LogP contribution in [0.25, 0.3) is 10.9 Å². The van der Waals surface area contributed by atoms with Gasteiger partial charge in [0.15, 0.2) is 0 Å². The first kappa shape index (κ1) is 9.67. The minimum atomic E-state index is 0.0387. The molecule has 0 radical (unpaired) electrons. The van der Waals surface area contributed by atoms with Crippen LogP contribution in [0, 0.1) is 0 Å². The average molecular weight is 207 g/mol. The van der Waals surface area contributed by atoms with Gasteiger partial charge in [0.05, 0.1) is 23.2 Å². The second kappa shape index (κ2) is 3.70. The molecule has 80 valence electrons. The molecule has 6 N–H and O–H groups in total. The number of hydrogen-bond acceptors (Lipinski definition) is 4. The van der Waals surface area contributed by atoms with Gasteiger partial charge in [0, 0.05) is 18.4 Å². The smallest absolute Gasteiger partial charge is 0.143 e. The first-order valence-electron chi connectivity index (χ1n) is 4.67. The Morgan fingerprint density at radius 1 is 1.40 bits per heavy atom. The molecule has 2 aromatic rings. The molecular formula is C10H13N3O2. The van der Waals surface area contributed by atoms with E-state index in [2.05, 4.69) is 10.3 Å². The van der Waals surface area contributed by atoms with Gasteiger partial charge in [-0.2, -0.15) is 0 Å². The van der Waals surface area contributed by atoms with Gasteiger partial charge in [-0.3, -0.25) is 0 Å². The van der Waals surface area contributed by atoms with Crippen LogP contribution in [0.4, 0.5) is 11.4 Å². The van der Waals surface area contributed by atoms with Gasteiger partial charge < -0.3 is 26.2 Å². The summed E-state index contributed by atoms with van der Waals surface area (Å²) in [6, 6.07) is 3.53. The van der Waals surface area contributed by atoms with E-state index in [9.17, 15) is 5.11 Å². The van der Waals surface area contributed by atoms with Gasteiger partial charge in [-0.05, 0) is 12.1 Å². The highest BCUT2D eigenvalue weighted by molar-refractivity contribution is 6.03. The quantitative estimate of drug-likeness (QED) is 0.482. The third kappa shape index (κ3) is 1.57. The van der Waals surface area contributed by atoms with Crippen molar-refractivity contribution in [1.82, 2.24) is 4.98 Å². The molecule has 0 aliphatic carbocycles. The summed E-state index contributed by atoms with van der Waals surface area (Å²) in [7, 11) is 0. The van der Waals surface area contributed by atoms with Gasteiger partial charge in [0.1, 0.15) is 5.75 Å². The number of hydrogen-bond donors (Lipinski definition) is 5. The number of aliphatic hydroxyl groups is 1. The summed E-state index contributed by atoms with van der Waals surface area (Å²) in [4.78, 5) is 2.90. The van der Waals surface area contributed by atoms with Crippen LogP contribution in [0.15, 0.2) is 18.3 Å². The molecule has 5 heteroatoms. The highest BCUT2D eigenvalue weighted by Gasteiger charge is 2.09. The monoisotopic (exact) mass is 207 g/mol. The molecule has 0 aliphatic heterocycles. The number of aromatic amines is 1. The first-order valence-corrected chi connectivity index (χ1v) is 4.67. The Morgan fingerprint density at radius 2 is 2.20 bits per heavy atom. The molecule has 1 heterocycles. The summed E-state index contributed by atoms with van der Waals surface area (Å²) in [5.74, 6) is 0.151. The van der Waals surface area contributed by atoms with Gasteiger partial charge in [-0.1, -0.05) is 0 Å². The topological polar surface area (TPSA) is 94.3 Å². The summed E-state index contributed by atoms with van der Waals surface area (Å²) in [6.07, 6.45) is 1.49. The Bertz CT molecular complexity index is 479. The van der Waals surface area contributed by atoms with Crippen LogP contribution in [-0.4, -0.2) is 28.3 Å². The Kier molecular flexibility index (Phi) is 2.39. The highest BCUT2D eigenvalue weighted by atomic mass is 16.3. The predicted octanol–water partition coefficient (Wildman–Crippen LogP) is 0.860. The number of aliphatic hydroxyl groups excluding tert-OH is 1. The summed E-state index contributed by atoms with van der Waals surface area (Å²) in [6.45, 7) is 0.473. The van der Waals surface area contributed by atoms with Crippen molar-refractivity contribution in [2.24, 2.45) is 0 Å². The van der Waals surface area contributed by atoms with Crippen molar-refractivity contribution in [1.29, 1.82) is 0 Å². The van der Waals surface area contributed by atoms with E-state index in [-0.39, 0.29) is 12.4 Å². The van der Waals surface area contributed by atoms with Crippen molar-refractivity contribution < 1.29 is 10.2 Å². The lowest BCUT2D eigenvalue weighted by Crippen LogP contribution is -2.05. The molecule has 0 saturated heterocycles. The van der Waals surface area contributed by atoms with Crippen molar-refractivity contribution in [3.05, 3.63) is 18.3 Å². The maximum atomic E-state index is 9.63. The first-order chi connectivity index (χ1) is 7.24. The fourth-order valence-corrected chi connectivity index (χ4v) is 1.59. The maximum absolute atomic E-state index is 9.63. The SMILES string of the molecule is Nc1ccc(NCCO)c2c(O)c[nH]c12. The third-order valence-electron chi connectivity index (χ3n) is 2.27. The summed E-state index contributed by atoms with van der Waals surface area (Å²) >= 11 is 0. The summed E-state index contributed by atoms with van der Waals surface area (Å²) in [5.41, 5.74) is 7.79. The second-order valence-corrected chi connectivity index (χ2v) is 3.28. The van der Waals surface area contributed by atoms with Gasteiger partial charge in [0.25, 0.3) is 0 Å². The lowest BCUT2D eigenvalue weighted by atomic mass is 10.2. The van der Waals surface area contributed by atoms with Crippen molar-refractivity contribution in [3.63, 3.8) is 0 Å². The van der Waals surface area contributed by atoms with Gasteiger partial charge in [-0.25, -0.2) is 0 Å². The van der Waals surface area contributed by atoms with Crippen LogP contribution in [0.3, 0.4) is 0 Å². The Balaban J connectivity index is 2.54. The largest absolute Gasteiger partial charge is 0.506 e. The van der Waals surface area contributed by atoms with Crippen LogP contribution in [0.5, 0.6) is 5.75 Å². The van der Waals surface area contributed by atoms with Crippen LogP contribution in [0.2, 0.25) is 0 Å². The zero-order chi connectivity index (χ0) is 10.8. The van der Waals surface area contributed by atoms with Crippen molar-refractivity contribution in [3.8, 4) is 5.75 Å². The van der Waals surface area contributed by atoms with Crippen LogP contribution < -0.4 is 11.1 Å². The number of H-pyrrole nitrogens is 1. The molecule has 0 spiro atoms. The number of nitrogen functional groups attached to an aromatic ring is 1. The standard InChI is InChI=1S/C10H13N3O2/c11-6-1-2-7(12-3-4-14)9-8(15)5-13-10(6)9/h1-2,5,12-15H,3-4,11H2. The van der Waals surface area contributed by atoms with Gasteiger partial charge >= 0.3 is 0 Å². The van der Waals surface area contributed by atoms with E-state index in [1.807, 2.05) is 0 Å². The number of aromatic nitrogens is 1. The Morgan fingerprint density at radius 3 is 2.93 bits per heavy atom. The lowest BCUT2D eigenvalue weighted by molar-refractivity contribution is 0.311. The minimum Gasteiger partial charge on any atom is -0.506 e. The fourth-order valence-electron chi connectivity index (χ4n) is 1.59. The molecule has 0 saturated carbocycles. The van der Waals surface area contributed by atoms with Crippen LogP contribution in [-0.2, 0) is 0 Å². The van der Waals surface area contributed by atoms with Crippen molar-refractivity contribution >= 4 is 22.3 Å². The normalized spacial score (nSPS) is 10.7. The average Bonchev–Trinajstić information content (AvgIpc) is 2.61. The van der Waals surface area contributed by atoms with E-state index in [1.165, 1.54) is 6.20 Å². The van der Waals surface area contributed by atoms with E-state index in [4.69, 9.17) is 10.8 Å². The molecule has 0 aliphatic rings. The molecule has 2 rings (SSSR count). The number of nitrogens with one attached hydrogen (secondary N) is 2. The molecule has 5 nitrogen and oxygen atoms in total. The Hall–Kier alpha value is -1.88. The molecule has 0 unspecified atom stereocenters. The minimum absolute atomic E-state index is 0.0387. The second-order valence-electron chi connectivity index (χ2n) is 3.28. The van der Waals surface area contributed by atoms with Gasteiger partial charge in [0.2, 0.25) is 0 Å². The van der Waals surface area contributed by atoms with Crippen LogP contribution >= 0.6 is 0 Å². The van der Waals surface area contributed by atoms with Crippen molar-refractivity contribution in [2.45, 2.75) is 0 Å². The third-order valence-corrected chi connectivity index (χ3v) is 2.27. The number of benzene rings is 1. The van der Waals surface area contributed by atoms with E-state index < -0.39 is 0 Å². The highest BCUT2D eigenvalue weighted by Crippen LogP contribution is 2.34. The molecule has 0 amide bonds. The number of aromatic hydroxyl groups is 1. The van der Waals surface area contributed by atoms with Crippen LogP contribution in [0.1, 0.15) is 0 Å². The Labute approximate surface area is 86.5 Å². The number of fused-ring (bicyclic) bond motifs is 1. The lowest BCUT2D eigenvalue weighted by Gasteiger charge is -2.07.